The first-order valence-electron chi connectivity index (χ1n) is 9.55. The number of ether oxygens (including phenoxy) is 4. The van der Waals surface area contributed by atoms with Crippen LogP contribution < -0.4 is 5.32 Å². The van der Waals surface area contributed by atoms with E-state index < -0.39 is 18.1 Å². The monoisotopic (exact) mass is 385 g/mol. The average Bonchev–Trinajstić information content (AvgIpc) is 3.33. The van der Waals surface area contributed by atoms with Crippen LogP contribution in [0.1, 0.15) is 32.9 Å². The molecule has 5 heterocycles. The molecule has 2 aromatic heterocycles. The van der Waals surface area contributed by atoms with Crippen molar-refractivity contribution in [3.05, 3.63) is 12.7 Å². The summed E-state index contributed by atoms with van der Waals surface area (Å²) >= 11 is 0. The third-order valence-corrected chi connectivity index (χ3v) is 5.33. The predicted molar refractivity (Wildman–Crippen MR) is 99.4 cm³/mol. The molecule has 3 aliphatic heterocycles. The van der Waals surface area contributed by atoms with Crippen molar-refractivity contribution in [2.24, 2.45) is 0 Å². The Kier molecular flexibility index (Phi) is 4.25. The first-order valence-corrected chi connectivity index (χ1v) is 9.55. The molecular weight excluding hydrogens is 362 g/mol. The number of aromatic nitrogens is 4. The summed E-state index contributed by atoms with van der Waals surface area (Å²) in [5, 5.41) is 3.43. The Labute approximate surface area is 162 Å². The molecular formula is C19H23N5O4. The number of nitrogens with zero attached hydrogens (tertiary/aromatic N) is 4. The van der Waals surface area contributed by atoms with E-state index in [9.17, 15) is 0 Å². The van der Waals surface area contributed by atoms with Crippen LogP contribution in [0.2, 0.25) is 0 Å². The third kappa shape index (κ3) is 2.93. The average molecular weight is 385 g/mol. The summed E-state index contributed by atoms with van der Waals surface area (Å²) in [7, 11) is 0. The smallest absolute Gasteiger partial charge is 0.167 e. The van der Waals surface area contributed by atoms with E-state index >= 15 is 0 Å². The van der Waals surface area contributed by atoms with Gasteiger partial charge in [0.05, 0.1) is 19.0 Å². The predicted octanol–water partition coefficient (Wildman–Crippen LogP) is 1.47. The maximum atomic E-state index is 6.07. The number of terminal acetylenes is 1. The van der Waals surface area contributed by atoms with Crippen LogP contribution in [0.3, 0.4) is 0 Å². The van der Waals surface area contributed by atoms with Gasteiger partial charge in [0.25, 0.3) is 0 Å². The first kappa shape index (κ1) is 17.8. The van der Waals surface area contributed by atoms with Gasteiger partial charge in [-0.1, -0.05) is 5.92 Å². The van der Waals surface area contributed by atoms with Gasteiger partial charge in [-0.2, -0.15) is 0 Å². The maximum Gasteiger partial charge on any atom is 0.167 e. The number of hydrogen-bond donors (Lipinski definition) is 1. The van der Waals surface area contributed by atoms with Crippen LogP contribution in [-0.2, 0) is 18.9 Å². The molecule has 3 aliphatic rings. The van der Waals surface area contributed by atoms with Crippen molar-refractivity contribution < 1.29 is 18.9 Å². The summed E-state index contributed by atoms with van der Waals surface area (Å²) in [6, 6.07) is 0.210. The van der Waals surface area contributed by atoms with E-state index in [1.807, 2.05) is 18.4 Å². The van der Waals surface area contributed by atoms with Gasteiger partial charge in [0.2, 0.25) is 0 Å². The lowest BCUT2D eigenvalue weighted by Crippen LogP contribution is -2.30. The molecule has 9 heteroatoms. The molecule has 2 aromatic rings. The van der Waals surface area contributed by atoms with Gasteiger partial charge in [0, 0.05) is 6.61 Å². The number of anilines is 1. The van der Waals surface area contributed by atoms with E-state index in [1.54, 1.807) is 6.33 Å². The van der Waals surface area contributed by atoms with Crippen LogP contribution in [0.15, 0.2) is 12.7 Å². The number of imidazole rings is 1. The minimum absolute atomic E-state index is 0.210. The van der Waals surface area contributed by atoms with Crippen molar-refractivity contribution in [3.8, 4) is 12.3 Å². The molecule has 1 N–H and O–H groups in total. The Morgan fingerprint density at radius 2 is 2.11 bits per heavy atom. The normalized spacial score (nSPS) is 34.2. The van der Waals surface area contributed by atoms with Crippen molar-refractivity contribution >= 4 is 17.0 Å². The van der Waals surface area contributed by atoms with E-state index in [0.29, 0.717) is 23.6 Å². The fourth-order valence-corrected chi connectivity index (χ4v) is 4.13. The van der Waals surface area contributed by atoms with E-state index in [-0.39, 0.29) is 18.2 Å². The van der Waals surface area contributed by atoms with Gasteiger partial charge in [0.15, 0.2) is 29.0 Å². The van der Waals surface area contributed by atoms with Gasteiger partial charge in [0.1, 0.15) is 24.6 Å². The summed E-state index contributed by atoms with van der Waals surface area (Å²) in [6.45, 7) is 5.21. The van der Waals surface area contributed by atoms with E-state index in [2.05, 4.69) is 26.2 Å². The standard InChI is InChI=1S/C19H23N5O4/c1-4-12-14-15(28-19(2,3)27-14)18(26-12)24-10-22-13-16(20-9-21-17(13)24)23-11-6-5-7-25-8-11/h1,9-12,14-15,18H,5-8H2,2-3H3,(H,20,21,23). The molecule has 3 fully saturated rings. The van der Waals surface area contributed by atoms with Crippen molar-refractivity contribution in [2.75, 3.05) is 18.5 Å². The molecule has 0 saturated carbocycles. The number of hydrogen-bond acceptors (Lipinski definition) is 8. The lowest BCUT2D eigenvalue weighted by Gasteiger charge is -2.24. The molecule has 5 unspecified atom stereocenters. The van der Waals surface area contributed by atoms with Crippen LogP contribution >= 0.6 is 0 Å². The summed E-state index contributed by atoms with van der Waals surface area (Å²) in [6.07, 6.45) is 9.29. The fourth-order valence-electron chi connectivity index (χ4n) is 4.13. The molecule has 0 amide bonds. The van der Waals surface area contributed by atoms with Crippen molar-refractivity contribution in [2.45, 2.75) is 63.1 Å². The second kappa shape index (κ2) is 6.67. The Bertz CT molecular complexity index is 917. The number of rotatable bonds is 3. The number of nitrogens with one attached hydrogen (secondary N) is 1. The topological polar surface area (TPSA) is 92.6 Å². The molecule has 0 aromatic carbocycles. The zero-order valence-electron chi connectivity index (χ0n) is 15.9. The number of fused-ring (bicyclic) bond motifs is 2. The van der Waals surface area contributed by atoms with E-state index in [1.165, 1.54) is 6.33 Å². The Morgan fingerprint density at radius 3 is 2.89 bits per heavy atom. The van der Waals surface area contributed by atoms with Crippen molar-refractivity contribution in [3.63, 3.8) is 0 Å². The van der Waals surface area contributed by atoms with Crippen LogP contribution in [0.5, 0.6) is 0 Å². The molecule has 0 radical (unpaired) electrons. The minimum Gasteiger partial charge on any atom is -0.379 e. The summed E-state index contributed by atoms with van der Waals surface area (Å²) in [4.78, 5) is 13.3. The zero-order valence-corrected chi connectivity index (χ0v) is 15.9. The van der Waals surface area contributed by atoms with Gasteiger partial charge < -0.3 is 24.3 Å². The fraction of sp³-hybridized carbons (Fsp3) is 0.632. The largest absolute Gasteiger partial charge is 0.379 e. The van der Waals surface area contributed by atoms with Gasteiger partial charge >= 0.3 is 0 Å². The molecule has 0 spiro atoms. The molecule has 5 atom stereocenters. The van der Waals surface area contributed by atoms with Gasteiger partial charge in [-0.15, -0.1) is 6.42 Å². The molecule has 28 heavy (non-hydrogen) atoms. The second-order valence-electron chi connectivity index (χ2n) is 7.78. The third-order valence-electron chi connectivity index (χ3n) is 5.33. The first-order chi connectivity index (χ1) is 13.6. The quantitative estimate of drug-likeness (QED) is 0.794. The Morgan fingerprint density at radius 1 is 1.25 bits per heavy atom. The Balaban J connectivity index is 1.47. The zero-order chi connectivity index (χ0) is 19.3. The van der Waals surface area contributed by atoms with Crippen LogP contribution in [0, 0.1) is 12.3 Å². The molecule has 9 nitrogen and oxygen atoms in total. The Hall–Kier alpha value is -2.25. The SMILES string of the molecule is C#CC1OC(n2cnc3c(NC4CCCOC4)ncnc32)C2OC(C)(C)OC12. The van der Waals surface area contributed by atoms with Crippen LogP contribution in [0.25, 0.3) is 11.2 Å². The molecule has 3 saturated heterocycles. The van der Waals surface area contributed by atoms with Gasteiger partial charge in [-0.3, -0.25) is 4.57 Å². The van der Waals surface area contributed by atoms with Crippen LogP contribution in [0.4, 0.5) is 5.82 Å². The summed E-state index contributed by atoms with van der Waals surface area (Å²) in [5.74, 6) is 2.63. The van der Waals surface area contributed by atoms with Crippen LogP contribution in [-0.4, -0.2) is 62.9 Å². The molecule has 0 bridgehead atoms. The lowest BCUT2D eigenvalue weighted by molar-refractivity contribution is -0.190. The molecule has 5 rings (SSSR count). The van der Waals surface area contributed by atoms with Gasteiger partial charge in [-0.05, 0) is 26.7 Å². The highest BCUT2D eigenvalue weighted by Crippen LogP contribution is 2.43. The maximum absolute atomic E-state index is 6.07. The molecule has 0 aliphatic carbocycles. The minimum atomic E-state index is -0.717. The van der Waals surface area contributed by atoms with Crippen molar-refractivity contribution in [1.29, 1.82) is 0 Å². The highest BCUT2D eigenvalue weighted by molar-refractivity contribution is 5.82. The van der Waals surface area contributed by atoms with Gasteiger partial charge in [-0.25, -0.2) is 15.0 Å². The second-order valence-corrected chi connectivity index (χ2v) is 7.78. The molecule has 148 valence electrons. The summed E-state index contributed by atoms with van der Waals surface area (Å²) in [5.41, 5.74) is 1.33. The summed E-state index contributed by atoms with van der Waals surface area (Å²) < 4.78 is 25.5. The van der Waals surface area contributed by atoms with E-state index in [4.69, 9.17) is 25.4 Å². The van der Waals surface area contributed by atoms with Crippen molar-refractivity contribution in [1.82, 2.24) is 19.5 Å². The lowest BCUT2D eigenvalue weighted by atomic mass is 10.1. The van der Waals surface area contributed by atoms with E-state index in [0.717, 1.165) is 19.4 Å². The highest BCUT2D eigenvalue weighted by Gasteiger charge is 2.55. The highest BCUT2D eigenvalue weighted by atomic mass is 16.8.